The molecule has 0 amide bonds. The van der Waals surface area contributed by atoms with Crippen LogP contribution in [0, 0.1) is 6.92 Å². The number of anilines is 3. The highest BCUT2D eigenvalue weighted by Gasteiger charge is 2.22. The summed E-state index contributed by atoms with van der Waals surface area (Å²) < 4.78 is 0. The zero-order valence-corrected chi connectivity index (χ0v) is 17.9. The van der Waals surface area contributed by atoms with Gasteiger partial charge in [-0.2, -0.15) is 4.98 Å². The molecule has 5 rings (SSSR count). The standard InChI is InChI=1S/C22H26ClN7/c1-16-14-21(27-22(26-16)30-8-6-24-7-9-30)29-12-10-28(11-13-29)20-4-5-25-19-15-17(23)2-3-18(19)20/h2-5,14-15,24H,6-13H2,1H3. The van der Waals surface area contributed by atoms with Gasteiger partial charge in [0.2, 0.25) is 5.95 Å². The number of fused-ring (bicyclic) bond motifs is 1. The second-order valence-electron chi connectivity index (χ2n) is 7.87. The summed E-state index contributed by atoms with van der Waals surface area (Å²) in [5, 5.41) is 5.25. The van der Waals surface area contributed by atoms with Gasteiger partial charge in [-0.15, -0.1) is 0 Å². The maximum absolute atomic E-state index is 6.15. The Bertz CT molecular complexity index is 1040. The number of benzene rings is 1. The van der Waals surface area contributed by atoms with Crippen LogP contribution in [-0.4, -0.2) is 67.3 Å². The van der Waals surface area contributed by atoms with Gasteiger partial charge < -0.3 is 20.0 Å². The van der Waals surface area contributed by atoms with Crippen LogP contribution in [0.3, 0.4) is 0 Å². The van der Waals surface area contributed by atoms with Gasteiger partial charge in [-0.25, -0.2) is 4.98 Å². The van der Waals surface area contributed by atoms with Crippen molar-refractivity contribution in [2.75, 3.05) is 67.1 Å². The van der Waals surface area contributed by atoms with Gasteiger partial charge in [-0.05, 0) is 31.2 Å². The van der Waals surface area contributed by atoms with Crippen LogP contribution >= 0.6 is 11.6 Å². The summed E-state index contributed by atoms with van der Waals surface area (Å²) in [6, 6.07) is 10.1. The molecule has 30 heavy (non-hydrogen) atoms. The Hall–Kier alpha value is -2.64. The zero-order valence-electron chi connectivity index (χ0n) is 17.2. The minimum Gasteiger partial charge on any atom is -0.367 e. The lowest BCUT2D eigenvalue weighted by molar-refractivity contribution is 0.578. The molecule has 2 aliphatic heterocycles. The number of nitrogens with zero attached hydrogens (tertiary/aromatic N) is 6. The fourth-order valence-corrected chi connectivity index (χ4v) is 4.43. The molecule has 0 aliphatic carbocycles. The summed E-state index contributed by atoms with van der Waals surface area (Å²) in [5.41, 5.74) is 3.18. The zero-order chi connectivity index (χ0) is 20.5. The molecule has 0 spiro atoms. The second kappa shape index (κ2) is 8.24. The van der Waals surface area contributed by atoms with E-state index in [4.69, 9.17) is 16.6 Å². The Morgan fingerprint density at radius 3 is 2.43 bits per heavy atom. The molecular formula is C22H26ClN7. The maximum Gasteiger partial charge on any atom is 0.227 e. The summed E-state index contributed by atoms with van der Waals surface area (Å²) in [4.78, 5) is 21.2. The van der Waals surface area contributed by atoms with Gasteiger partial charge >= 0.3 is 0 Å². The molecule has 1 N–H and O–H groups in total. The van der Waals surface area contributed by atoms with Crippen LogP contribution in [0.5, 0.6) is 0 Å². The molecule has 0 atom stereocenters. The molecule has 4 heterocycles. The summed E-state index contributed by atoms with van der Waals surface area (Å²) in [6.45, 7) is 9.66. The third-order valence-electron chi connectivity index (χ3n) is 5.85. The van der Waals surface area contributed by atoms with Crippen LogP contribution < -0.4 is 20.0 Å². The Morgan fingerprint density at radius 2 is 1.63 bits per heavy atom. The predicted octanol–water partition coefficient (Wildman–Crippen LogP) is 2.72. The third-order valence-corrected chi connectivity index (χ3v) is 6.09. The minimum absolute atomic E-state index is 0.719. The van der Waals surface area contributed by atoms with Crippen LogP contribution in [0.25, 0.3) is 10.9 Å². The molecule has 0 saturated carbocycles. The van der Waals surface area contributed by atoms with Gasteiger partial charge in [0.1, 0.15) is 5.82 Å². The van der Waals surface area contributed by atoms with Crippen molar-refractivity contribution in [3.8, 4) is 0 Å². The van der Waals surface area contributed by atoms with Crippen molar-refractivity contribution in [1.29, 1.82) is 0 Å². The summed E-state index contributed by atoms with van der Waals surface area (Å²) in [5.74, 6) is 1.88. The molecular weight excluding hydrogens is 398 g/mol. The van der Waals surface area contributed by atoms with Crippen molar-refractivity contribution in [2.24, 2.45) is 0 Å². The minimum atomic E-state index is 0.719. The van der Waals surface area contributed by atoms with Crippen molar-refractivity contribution in [2.45, 2.75) is 6.92 Å². The van der Waals surface area contributed by atoms with E-state index in [0.29, 0.717) is 0 Å². The number of halogens is 1. The number of aryl methyl sites for hydroxylation is 1. The molecule has 2 aliphatic rings. The number of pyridine rings is 1. The normalized spacial score (nSPS) is 17.6. The lowest BCUT2D eigenvalue weighted by Crippen LogP contribution is -2.47. The predicted molar refractivity (Wildman–Crippen MR) is 123 cm³/mol. The fraction of sp³-hybridized carbons (Fsp3) is 0.409. The first-order valence-corrected chi connectivity index (χ1v) is 10.9. The van der Waals surface area contributed by atoms with Crippen molar-refractivity contribution in [1.82, 2.24) is 20.3 Å². The molecule has 156 valence electrons. The highest BCUT2D eigenvalue weighted by atomic mass is 35.5. The van der Waals surface area contributed by atoms with E-state index in [1.165, 1.54) is 5.69 Å². The lowest BCUT2D eigenvalue weighted by Gasteiger charge is -2.37. The number of hydrogen-bond donors (Lipinski definition) is 1. The fourth-order valence-electron chi connectivity index (χ4n) is 4.26. The van der Waals surface area contributed by atoms with E-state index in [0.717, 1.165) is 85.7 Å². The van der Waals surface area contributed by atoms with Gasteiger partial charge in [-0.1, -0.05) is 11.6 Å². The highest BCUT2D eigenvalue weighted by molar-refractivity contribution is 6.31. The van der Waals surface area contributed by atoms with E-state index in [9.17, 15) is 0 Å². The third kappa shape index (κ3) is 3.87. The Balaban J connectivity index is 1.33. The summed E-state index contributed by atoms with van der Waals surface area (Å²) in [6.07, 6.45) is 1.87. The topological polar surface area (TPSA) is 60.4 Å². The van der Waals surface area contributed by atoms with E-state index in [1.807, 2.05) is 18.3 Å². The van der Waals surface area contributed by atoms with Crippen molar-refractivity contribution in [3.05, 3.63) is 47.2 Å². The number of piperazine rings is 2. The van der Waals surface area contributed by atoms with Crippen molar-refractivity contribution >= 4 is 40.0 Å². The molecule has 0 bridgehead atoms. The SMILES string of the molecule is Cc1cc(N2CCN(c3ccnc4cc(Cl)ccc34)CC2)nc(N2CCNCC2)n1. The molecule has 1 aromatic carbocycles. The van der Waals surface area contributed by atoms with Gasteiger partial charge in [0.15, 0.2) is 0 Å². The Labute approximate surface area is 181 Å². The average molecular weight is 424 g/mol. The maximum atomic E-state index is 6.15. The first-order chi connectivity index (χ1) is 14.7. The quantitative estimate of drug-likeness (QED) is 0.695. The number of nitrogens with one attached hydrogen (secondary N) is 1. The average Bonchev–Trinajstić information content (AvgIpc) is 2.79. The molecule has 2 saturated heterocycles. The van der Waals surface area contributed by atoms with Crippen LogP contribution in [0.2, 0.25) is 5.02 Å². The molecule has 8 heteroatoms. The first kappa shape index (κ1) is 19.3. The van der Waals surface area contributed by atoms with Gasteiger partial charge in [0, 0.05) is 86.4 Å². The number of aromatic nitrogens is 3. The number of hydrogen-bond acceptors (Lipinski definition) is 7. The lowest BCUT2D eigenvalue weighted by atomic mass is 10.1. The van der Waals surface area contributed by atoms with Gasteiger partial charge in [-0.3, -0.25) is 4.98 Å². The smallest absolute Gasteiger partial charge is 0.227 e. The Morgan fingerprint density at radius 1 is 0.867 bits per heavy atom. The Kier molecular flexibility index (Phi) is 5.31. The molecule has 0 unspecified atom stereocenters. The van der Waals surface area contributed by atoms with E-state index < -0.39 is 0 Å². The van der Waals surface area contributed by atoms with Gasteiger partial charge in [0.25, 0.3) is 0 Å². The van der Waals surface area contributed by atoms with Crippen LogP contribution in [-0.2, 0) is 0 Å². The summed E-state index contributed by atoms with van der Waals surface area (Å²) in [7, 11) is 0. The first-order valence-electron chi connectivity index (χ1n) is 10.5. The molecule has 2 fully saturated rings. The van der Waals surface area contributed by atoms with E-state index in [2.05, 4.69) is 55.1 Å². The van der Waals surface area contributed by atoms with Crippen molar-refractivity contribution < 1.29 is 0 Å². The van der Waals surface area contributed by atoms with E-state index in [-0.39, 0.29) is 0 Å². The van der Waals surface area contributed by atoms with Crippen LogP contribution in [0.4, 0.5) is 17.5 Å². The van der Waals surface area contributed by atoms with Crippen molar-refractivity contribution in [3.63, 3.8) is 0 Å². The number of rotatable bonds is 3. The van der Waals surface area contributed by atoms with E-state index in [1.54, 1.807) is 0 Å². The van der Waals surface area contributed by atoms with Crippen LogP contribution in [0.1, 0.15) is 5.69 Å². The van der Waals surface area contributed by atoms with E-state index >= 15 is 0 Å². The highest BCUT2D eigenvalue weighted by Crippen LogP contribution is 2.29. The second-order valence-corrected chi connectivity index (χ2v) is 8.31. The largest absolute Gasteiger partial charge is 0.367 e. The molecule has 2 aromatic heterocycles. The molecule has 0 radical (unpaired) electrons. The molecule has 7 nitrogen and oxygen atoms in total. The van der Waals surface area contributed by atoms with Crippen LogP contribution in [0.15, 0.2) is 36.5 Å². The van der Waals surface area contributed by atoms with Gasteiger partial charge in [0.05, 0.1) is 5.52 Å². The monoisotopic (exact) mass is 423 g/mol. The summed E-state index contributed by atoms with van der Waals surface area (Å²) >= 11 is 6.15. The molecule has 3 aromatic rings.